The van der Waals surface area contributed by atoms with Crippen molar-refractivity contribution >= 4 is 68.6 Å². The van der Waals surface area contributed by atoms with Gasteiger partial charge in [-0.1, -0.05) is 22.9 Å². The van der Waals surface area contributed by atoms with E-state index in [2.05, 4.69) is 32.6 Å². The summed E-state index contributed by atoms with van der Waals surface area (Å²) in [5, 5.41) is 7.41. The van der Waals surface area contributed by atoms with Crippen molar-refractivity contribution in [2.75, 3.05) is 25.5 Å². The Morgan fingerprint density at radius 1 is 1.39 bits per heavy atom. The Balaban J connectivity index is 1.41. The van der Waals surface area contributed by atoms with Crippen molar-refractivity contribution in [3.63, 3.8) is 0 Å². The summed E-state index contributed by atoms with van der Waals surface area (Å²) in [7, 11) is 2.07. The summed E-state index contributed by atoms with van der Waals surface area (Å²) in [5.41, 5.74) is 1.69. The van der Waals surface area contributed by atoms with Crippen LogP contribution in [0.4, 0.5) is 10.8 Å². The van der Waals surface area contributed by atoms with E-state index < -0.39 is 0 Å². The maximum atomic E-state index is 12.5. The largest absolute Gasteiger partial charge is 0.306 e. The summed E-state index contributed by atoms with van der Waals surface area (Å²) in [6.07, 6.45) is 5.14. The molecule has 2 aromatic rings. The van der Waals surface area contributed by atoms with Crippen molar-refractivity contribution in [1.29, 1.82) is 0 Å². The molecule has 162 valence electrons. The average Bonchev–Trinajstić information content (AvgIpc) is 3.31. The molecule has 0 radical (unpaired) electrons. The Morgan fingerprint density at radius 3 is 2.90 bits per heavy atom. The lowest BCUT2D eigenvalue weighted by molar-refractivity contribution is -0.121. The van der Waals surface area contributed by atoms with Gasteiger partial charge in [0.2, 0.25) is 5.91 Å². The quantitative estimate of drug-likeness (QED) is 0.644. The predicted molar refractivity (Wildman–Crippen MR) is 128 cm³/mol. The molecule has 10 heteroatoms. The fourth-order valence-corrected chi connectivity index (χ4v) is 5.24. The summed E-state index contributed by atoms with van der Waals surface area (Å²) >= 11 is 8.61. The molecule has 4 rings (SSSR count). The number of benzene rings is 1. The molecule has 7 nitrogen and oxygen atoms in total. The zero-order valence-electron chi connectivity index (χ0n) is 17.1. The number of likely N-dealkylation sites (tertiary alicyclic amines) is 1. The van der Waals surface area contributed by atoms with Crippen molar-refractivity contribution in [1.82, 2.24) is 15.2 Å². The molecule has 0 spiro atoms. The van der Waals surface area contributed by atoms with Crippen molar-refractivity contribution < 1.29 is 9.59 Å². The number of aliphatic imine (C=N–C) groups is 1. The topological polar surface area (TPSA) is 86.7 Å². The van der Waals surface area contributed by atoms with Crippen LogP contribution in [-0.4, -0.2) is 47.0 Å². The highest BCUT2D eigenvalue weighted by atomic mass is 35.5. The van der Waals surface area contributed by atoms with Gasteiger partial charge in [-0.2, -0.15) is 0 Å². The third-order valence-corrected chi connectivity index (χ3v) is 7.15. The van der Waals surface area contributed by atoms with Crippen molar-refractivity contribution in [3.8, 4) is 0 Å². The number of thiazole rings is 1. The Morgan fingerprint density at radius 2 is 2.16 bits per heavy atom. The second-order valence-corrected chi connectivity index (χ2v) is 10.1. The van der Waals surface area contributed by atoms with Gasteiger partial charge in [-0.3, -0.25) is 9.59 Å². The molecule has 0 bridgehead atoms. The number of carbonyl (C=O) groups excluding carboxylic acids is 2. The standard InChI is InChI=1S/C21H22ClN5O2S2/c1-12-9-14(22)3-4-16(12)24-21-26-19(29)17(31-21)10-15-11-23-20(30-15)25-18(28)13-5-7-27(2)8-6-13/h3-4,9-11,13H,5-8H2,1-2H3,(H,23,25,28)(H,24,26,29)/b17-10-. The molecule has 2 aliphatic heterocycles. The molecular formula is C21H22ClN5O2S2. The van der Waals surface area contributed by atoms with Crippen LogP contribution in [0.3, 0.4) is 0 Å². The van der Waals surface area contributed by atoms with Gasteiger partial charge in [-0.05, 0) is 81.5 Å². The van der Waals surface area contributed by atoms with E-state index in [9.17, 15) is 9.59 Å². The smallest absolute Gasteiger partial charge is 0.264 e. The Bertz CT molecular complexity index is 1070. The molecule has 0 saturated carbocycles. The number of piperidine rings is 1. The Labute approximate surface area is 194 Å². The number of nitrogens with one attached hydrogen (secondary N) is 2. The molecule has 0 aliphatic carbocycles. The van der Waals surface area contributed by atoms with Crippen LogP contribution in [-0.2, 0) is 9.59 Å². The minimum Gasteiger partial charge on any atom is -0.306 e. The maximum Gasteiger partial charge on any atom is 0.264 e. The number of hydrogen-bond donors (Lipinski definition) is 2. The first-order valence-corrected chi connectivity index (χ1v) is 11.9. The average molecular weight is 476 g/mol. The molecular weight excluding hydrogens is 454 g/mol. The normalized spacial score (nSPS) is 20.4. The van der Waals surface area contributed by atoms with Gasteiger partial charge in [0.25, 0.3) is 5.91 Å². The molecule has 31 heavy (non-hydrogen) atoms. The number of amidine groups is 1. The molecule has 0 atom stereocenters. The molecule has 2 saturated heterocycles. The van der Waals surface area contributed by atoms with Crippen LogP contribution in [0.2, 0.25) is 5.02 Å². The molecule has 3 heterocycles. The van der Waals surface area contributed by atoms with Gasteiger partial charge in [0, 0.05) is 17.1 Å². The summed E-state index contributed by atoms with van der Waals surface area (Å²) < 4.78 is 0. The number of carbonyl (C=O) groups is 2. The van der Waals surface area contributed by atoms with Crippen molar-refractivity contribution in [3.05, 3.63) is 44.8 Å². The van der Waals surface area contributed by atoms with Gasteiger partial charge in [-0.25, -0.2) is 9.98 Å². The van der Waals surface area contributed by atoms with E-state index in [1.54, 1.807) is 18.3 Å². The van der Waals surface area contributed by atoms with Gasteiger partial charge in [0.05, 0.1) is 15.5 Å². The summed E-state index contributed by atoms with van der Waals surface area (Å²) in [5.74, 6) is -0.170. The van der Waals surface area contributed by atoms with E-state index in [1.165, 1.54) is 23.1 Å². The van der Waals surface area contributed by atoms with E-state index in [4.69, 9.17) is 11.6 Å². The summed E-state index contributed by atoms with van der Waals surface area (Å²) in [6, 6.07) is 5.42. The number of aryl methyl sites for hydroxylation is 1. The SMILES string of the molecule is Cc1cc(Cl)ccc1/N=C1/NC(=O)/C(=C/c2cnc(NC(=O)C3CCN(C)CC3)s2)S1. The van der Waals surface area contributed by atoms with Crippen LogP contribution in [0.25, 0.3) is 6.08 Å². The van der Waals surface area contributed by atoms with Gasteiger partial charge < -0.3 is 15.5 Å². The number of amides is 2. The molecule has 1 aromatic carbocycles. The highest BCUT2D eigenvalue weighted by molar-refractivity contribution is 8.18. The number of aromatic nitrogens is 1. The van der Waals surface area contributed by atoms with Crippen LogP contribution in [0, 0.1) is 12.8 Å². The van der Waals surface area contributed by atoms with Gasteiger partial charge in [-0.15, -0.1) is 0 Å². The van der Waals surface area contributed by atoms with Crippen LogP contribution in [0.15, 0.2) is 34.3 Å². The number of hydrogen-bond acceptors (Lipinski definition) is 7. The van der Waals surface area contributed by atoms with Crippen molar-refractivity contribution in [2.45, 2.75) is 19.8 Å². The minimum atomic E-state index is -0.208. The van der Waals surface area contributed by atoms with Crippen molar-refractivity contribution in [2.24, 2.45) is 10.9 Å². The first-order valence-electron chi connectivity index (χ1n) is 9.88. The third-order valence-electron chi connectivity index (χ3n) is 5.15. The van der Waals surface area contributed by atoms with E-state index in [0.29, 0.717) is 20.2 Å². The molecule has 2 fully saturated rings. The lowest BCUT2D eigenvalue weighted by atomic mass is 9.96. The summed E-state index contributed by atoms with van der Waals surface area (Å²) in [4.78, 5) is 37.2. The Kier molecular flexibility index (Phi) is 6.76. The van der Waals surface area contributed by atoms with Crippen LogP contribution >= 0.6 is 34.7 Å². The van der Waals surface area contributed by atoms with Crippen LogP contribution in [0.5, 0.6) is 0 Å². The van der Waals surface area contributed by atoms with Gasteiger partial charge in [0.1, 0.15) is 0 Å². The third kappa shape index (κ3) is 5.54. The second-order valence-electron chi connectivity index (χ2n) is 7.55. The van der Waals surface area contributed by atoms with Gasteiger partial charge >= 0.3 is 0 Å². The van der Waals surface area contributed by atoms with E-state index >= 15 is 0 Å². The fourth-order valence-electron chi connectivity index (χ4n) is 3.35. The maximum absolute atomic E-state index is 12.5. The number of rotatable bonds is 4. The summed E-state index contributed by atoms with van der Waals surface area (Å²) in [6.45, 7) is 3.78. The number of nitrogens with zero attached hydrogens (tertiary/aromatic N) is 3. The lowest BCUT2D eigenvalue weighted by Crippen LogP contribution is -2.35. The molecule has 1 aromatic heterocycles. The van der Waals surface area contributed by atoms with Gasteiger partial charge in [0.15, 0.2) is 10.3 Å². The first-order chi connectivity index (χ1) is 14.9. The van der Waals surface area contributed by atoms with Crippen LogP contribution < -0.4 is 10.6 Å². The number of halogens is 1. The zero-order valence-corrected chi connectivity index (χ0v) is 19.5. The molecule has 2 aliphatic rings. The number of thioether (sulfide) groups is 1. The first kappa shape index (κ1) is 22.0. The monoisotopic (exact) mass is 475 g/mol. The molecule has 2 amide bonds. The van der Waals surface area contributed by atoms with Crippen LogP contribution in [0.1, 0.15) is 23.3 Å². The zero-order chi connectivity index (χ0) is 22.0. The highest BCUT2D eigenvalue weighted by Gasteiger charge is 2.26. The lowest BCUT2D eigenvalue weighted by Gasteiger charge is -2.27. The van der Waals surface area contributed by atoms with E-state index in [1.807, 2.05) is 19.1 Å². The fraction of sp³-hybridized carbons (Fsp3) is 0.333. The number of anilines is 1. The minimum absolute atomic E-state index is 0.0161. The molecule has 2 N–H and O–H groups in total. The second kappa shape index (κ2) is 9.52. The highest BCUT2D eigenvalue weighted by Crippen LogP contribution is 2.31. The Hall–Kier alpha value is -2.20. The van der Waals surface area contributed by atoms with E-state index in [-0.39, 0.29) is 17.7 Å². The molecule has 0 unspecified atom stereocenters. The van der Waals surface area contributed by atoms with E-state index in [0.717, 1.165) is 42.1 Å². The predicted octanol–water partition coefficient (Wildman–Crippen LogP) is 4.28.